The van der Waals surface area contributed by atoms with E-state index in [4.69, 9.17) is 5.73 Å². The Bertz CT molecular complexity index is 418. The molecule has 2 aromatic heterocycles. The number of hydrogen-bond donors (Lipinski definition) is 1. The highest BCUT2D eigenvalue weighted by atomic mass is 32.1. The molecule has 14 heavy (non-hydrogen) atoms. The zero-order valence-electron chi connectivity index (χ0n) is 7.97. The van der Waals surface area contributed by atoms with Gasteiger partial charge in [-0.05, 0) is 13.0 Å². The van der Waals surface area contributed by atoms with Crippen molar-refractivity contribution < 1.29 is 0 Å². The number of nitrogens with two attached hydrogens (primary N) is 1. The van der Waals surface area contributed by atoms with Gasteiger partial charge in [-0.3, -0.25) is 4.68 Å². The lowest BCUT2D eigenvalue weighted by molar-refractivity contribution is 0.661. The Kier molecular flexibility index (Phi) is 2.60. The third-order valence-corrected chi connectivity index (χ3v) is 2.72. The highest BCUT2D eigenvalue weighted by molar-refractivity contribution is 7.09. The molecule has 0 fully saturated rings. The number of hydrogen-bond acceptors (Lipinski definition) is 4. The summed E-state index contributed by atoms with van der Waals surface area (Å²) in [5, 5.41) is 7.43. The predicted octanol–water partition coefficient (Wildman–Crippen LogP) is 1.16. The second-order valence-corrected chi connectivity index (χ2v) is 4.13. The molecular weight excluding hydrogens is 196 g/mol. The van der Waals surface area contributed by atoms with Crippen molar-refractivity contribution in [3.63, 3.8) is 0 Å². The van der Waals surface area contributed by atoms with Gasteiger partial charge in [0.25, 0.3) is 0 Å². The van der Waals surface area contributed by atoms with Crippen LogP contribution in [-0.2, 0) is 13.1 Å². The first-order valence-corrected chi connectivity index (χ1v) is 5.29. The molecule has 0 atom stereocenters. The highest BCUT2D eigenvalue weighted by Crippen LogP contribution is 2.09. The van der Waals surface area contributed by atoms with Gasteiger partial charge in [0.05, 0.1) is 22.9 Å². The number of aryl methyl sites for hydroxylation is 1. The van der Waals surface area contributed by atoms with Gasteiger partial charge in [-0.2, -0.15) is 5.10 Å². The molecule has 74 valence electrons. The molecule has 4 nitrogen and oxygen atoms in total. The van der Waals surface area contributed by atoms with Crippen LogP contribution in [0.1, 0.15) is 16.4 Å². The van der Waals surface area contributed by atoms with E-state index in [0.717, 1.165) is 22.9 Å². The predicted molar refractivity (Wildman–Crippen MR) is 56.1 cm³/mol. The first-order valence-electron chi connectivity index (χ1n) is 4.41. The van der Waals surface area contributed by atoms with E-state index >= 15 is 0 Å². The van der Waals surface area contributed by atoms with E-state index in [1.54, 1.807) is 11.3 Å². The van der Waals surface area contributed by atoms with Crippen molar-refractivity contribution in [2.45, 2.75) is 20.0 Å². The molecule has 0 saturated heterocycles. The zero-order valence-corrected chi connectivity index (χ0v) is 8.79. The van der Waals surface area contributed by atoms with Crippen LogP contribution in [0.5, 0.6) is 0 Å². The van der Waals surface area contributed by atoms with E-state index in [1.807, 2.05) is 23.9 Å². The molecule has 2 N–H and O–H groups in total. The SMILES string of the molecule is Cc1nc(Cn2ccc(CN)n2)cs1. The minimum absolute atomic E-state index is 0.489. The van der Waals surface area contributed by atoms with E-state index in [2.05, 4.69) is 15.5 Å². The van der Waals surface area contributed by atoms with E-state index in [-0.39, 0.29) is 0 Å². The van der Waals surface area contributed by atoms with Crippen LogP contribution in [0.3, 0.4) is 0 Å². The molecular formula is C9H12N4S. The molecule has 0 amide bonds. The summed E-state index contributed by atoms with van der Waals surface area (Å²) in [6, 6.07) is 1.93. The molecule has 2 rings (SSSR count). The number of rotatable bonds is 3. The molecule has 0 unspecified atom stereocenters. The maximum atomic E-state index is 5.47. The smallest absolute Gasteiger partial charge is 0.0898 e. The summed E-state index contributed by atoms with van der Waals surface area (Å²) >= 11 is 1.66. The third-order valence-electron chi connectivity index (χ3n) is 1.90. The summed E-state index contributed by atoms with van der Waals surface area (Å²) in [6.07, 6.45) is 1.93. The maximum Gasteiger partial charge on any atom is 0.0898 e. The van der Waals surface area contributed by atoms with Crippen molar-refractivity contribution in [2.75, 3.05) is 0 Å². The molecule has 0 radical (unpaired) electrons. The minimum atomic E-state index is 0.489. The molecule has 0 bridgehead atoms. The molecule has 5 heteroatoms. The second kappa shape index (κ2) is 3.89. The Hall–Kier alpha value is -1.20. The third kappa shape index (κ3) is 2.00. The van der Waals surface area contributed by atoms with E-state index in [0.29, 0.717) is 6.54 Å². The number of aromatic nitrogens is 3. The van der Waals surface area contributed by atoms with Crippen LogP contribution in [-0.4, -0.2) is 14.8 Å². The van der Waals surface area contributed by atoms with Crippen LogP contribution in [0.2, 0.25) is 0 Å². The molecule has 2 aromatic rings. The number of thiazole rings is 1. The zero-order chi connectivity index (χ0) is 9.97. The minimum Gasteiger partial charge on any atom is -0.325 e. The molecule has 0 saturated carbocycles. The Balaban J connectivity index is 2.10. The monoisotopic (exact) mass is 208 g/mol. The fourth-order valence-corrected chi connectivity index (χ4v) is 1.85. The Morgan fingerprint density at radius 3 is 2.93 bits per heavy atom. The first kappa shape index (κ1) is 9.36. The Morgan fingerprint density at radius 2 is 2.36 bits per heavy atom. The van der Waals surface area contributed by atoms with E-state index in [9.17, 15) is 0 Å². The average Bonchev–Trinajstić information content (AvgIpc) is 2.76. The molecule has 0 aliphatic rings. The largest absolute Gasteiger partial charge is 0.325 e. The van der Waals surface area contributed by atoms with Crippen molar-refractivity contribution in [3.05, 3.63) is 34.0 Å². The van der Waals surface area contributed by atoms with Gasteiger partial charge in [0.15, 0.2) is 0 Å². The molecule has 0 aromatic carbocycles. The Labute approximate surface area is 86.4 Å². The second-order valence-electron chi connectivity index (χ2n) is 3.07. The van der Waals surface area contributed by atoms with Crippen LogP contribution in [0.4, 0.5) is 0 Å². The van der Waals surface area contributed by atoms with Gasteiger partial charge in [0.1, 0.15) is 0 Å². The lowest BCUT2D eigenvalue weighted by Crippen LogP contribution is -2.03. The highest BCUT2D eigenvalue weighted by Gasteiger charge is 2.01. The van der Waals surface area contributed by atoms with Crippen LogP contribution in [0, 0.1) is 6.92 Å². The molecule has 0 aliphatic heterocycles. The Morgan fingerprint density at radius 1 is 1.50 bits per heavy atom. The summed E-state index contributed by atoms with van der Waals surface area (Å²) in [7, 11) is 0. The van der Waals surface area contributed by atoms with Gasteiger partial charge in [0.2, 0.25) is 0 Å². The quantitative estimate of drug-likeness (QED) is 0.823. The average molecular weight is 208 g/mol. The van der Waals surface area contributed by atoms with Crippen molar-refractivity contribution in [2.24, 2.45) is 5.73 Å². The summed E-state index contributed by atoms with van der Waals surface area (Å²) < 4.78 is 1.86. The van der Waals surface area contributed by atoms with Crippen LogP contribution in [0.25, 0.3) is 0 Å². The molecule has 0 aliphatic carbocycles. The van der Waals surface area contributed by atoms with Crippen LogP contribution >= 0.6 is 11.3 Å². The summed E-state index contributed by atoms with van der Waals surface area (Å²) in [4.78, 5) is 4.37. The maximum absolute atomic E-state index is 5.47. The summed E-state index contributed by atoms with van der Waals surface area (Å²) in [5.41, 5.74) is 7.44. The van der Waals surface area contributed by atoms with Gasteiger partial charge in [-0.25, -0.2) is 4.98 Å². The standard InChI is InChI=1S/C9H12N4S/c1-7-11-9(6-14-7)5-13-3-2-8(4-10)12-13/h2-3,6H,4-5,10H2,1H3. The van der Waals surface area contributed by atoms with Gasteiger partial charge in [-0.15, -0.1) is 11.3 Å². The van der Waals surface area contributed by atoms with Crippen molar-refractivity contribution in [1.82, 2.24) is 14.8 Å². The lowest BCUT2D eigenvalue weighted by Gasteiger charge is -1.96. The topological polar surface area (TPSA) is 56.7 Å². The van der Waals surface area contributed by atoms with Gasteiger partial charge in [-0.1, -0.05) is 0 Å². The molecule has 2 heterocycles. The fourth-order valence-electron chi connectivity index (χ4n) is 1.25. The van der Waals surface area contributed by atoms with Crippen molar-refractivity contribution >= 4 is 11.3 Å². The fraction of sp³-hybridized carbons (Fsp3) is 0.333. The van der Waals surface area contributed by atoms with Gasteiger partial charge < -0.3 is 5.73 Å². The summed E-state index contributed by atoms with van der Waals surface area (Å²) in [5.74, 6) is 0. The van der Waals surface area contributed by atoms with Crippen molar-refractivity contribution in [1.29, 1.82) is 0 Å². The van der Waals surface area contributed by atoms with Gasteiger partial charge >= 0.3 is 0 Å². The van der Waals surface area contributed by atoms with Gasteiger partial charge in [0, 0.05) is 18.1 Å². The van der Waals surface area contributed by atoms with Crippen molar-refractivity contribution in [3.8, 4) is 0 Å². The number of nitrogens with zero attached hydrogens (tertiary/aromatic N) is 3. The van der Waals surface area contributed by atoms with Crippen LogP contribution < -0.4 is 5.73 Å². The van der Waals surface area contributed by atoms with E-state index < -0.39 is 0 Å². The van der Waals surface area contributed by atoms with E-state index in [1.165, 1.54) is 0 Å². The first-order chi connectivity index (χ1) is 6.78. The normalized spacial score (nSPS) is 10.7. The molecule has 0 spiro atoms. The lowest BCUT2D eigenvalue weighted by atomic mass is 10.4. The summed E-state index contributed by atoms with van der Waals surface area (Å²) in [6.45, 7) is 3.22. The van der Waals surface area contributed by atoms with Crippen LogP contribution in [0.15, 0.2) is 17.6 Å².